The van der Waals surface area contributed by atoms with Crippen molar-refractivity contribution >= 4 is 15.8 Å². The van der Waals surface area contributed by atoms with Gasteiger partial charge in [-0.25, -0.2) is 0 Å². The number of benzene rings is 1. The fourth-order valence-electron chi connectivity index (χ4n) is 0.980. The van der Waals surface area contributed by atoms with Crippen LogP contribution in [0.5, 0.6) is 0 Å². The highest BCUT2D eigenvalue weighted by molar-refractivity contribution is 7.85. The van der Waals surface area contributed by atoms with E-state index in [4.69, 9.17) is 4.55 Å². The molecule has 0 spiro atoms. The first-order valence-corrected chi connectivity index (χ1v) is 5.99. The number of rotatable bonds is 2. The summed E-state index contributed by atoms with van der Waals surface area (Å²) in [6, 6.07) is 3.26. The van der Waals surface area contributed by atoms with Gasteiger partial charge in [0.15, 0.2) is 0 Å². The van der Waals surface area contributed by atoms with Crippen LogP contribution in [0.25, 0.3) is 0 Å². The Kier molecular flexibility index (Phi) is 5.72. The van der Waals surface area contributed by atoms with E-state index in [1.807, 2.05) is 14.1 Å². The number of nitrogens with zero attached hydrogens (tertiary/aromatic N) is 1. The van der Waals surface area contributed by atoms with E-state index in [2.05, 4.69) is 5.32 Å². The van der Waals surface area contributed by atoms with Crippen molar-refractivity contribution in [2.75, 3.05) is 14.1 Å². The predicted octanol–water partition coefficient (Wildman–Crippen LogP) is 0.986. The van der Waals surface area contributed by atoms with Crippen LogP contribution < -0.4 is 5.32 Å². The van der Waals surface area contributed by atoms with Crippen molar-refractivity contribution in [3.8, 4) is 0 Å². The van der Waals surface area contributed by atoms with Crippen molar-refractivity contribution in [2.24, 2.45) is 0 Å². The molecule has 0 aliphatic rings. The topological polar surface area (TPSA) is 110 Å². The fourth-order valence-corrected chi connectivity index (χ4v) is 1.72. The second-order valence-corrected chi connectivity index (χ2v) is 4.57. The van der Waals surface area contributed by atoms with Gasteiger partial charge in [0.25, 0.3) is 15.8 Å². The van der Waals surface area contributed by atoms with Gasteiger partial charge in [-0.05, 0) is 26.6 Å². The average Bonchev–Trinajstić information content (AvgIpc) is 2.17. The Morgan fingerprint density at radius 3 is 2.18 bits per heavy atom. The van der Waals surface area contributed by atoms with Crippen LogP contribution in [0, 0.1) is 17.0 Å². The summed E-state index contributed by atoms with van der Waals surface area (Å²) in [5.41, 5.74) is -0.110. The Morgan fingerprint density at radius 1 is 1.35 bits per heavy atom. The molecule has 96 valence electrons. The molecule has 0 saturated carbocycles. The normalized spacial score (nSPS) is 10.4. The third kappa shape index (κ3) is 4.89. The average molecular weight is 262 g/mol. The lowest BCUT2D eigenvalue weighted by Gasteiger charge is -2.00. The molecule has 2 N–H and O–H groups in total. The Hall–Kier alpha value is -1.51. The number of hydrogen-bond acceptors (Lipinski definition) is 5. The molecule has 0 radical (unpaired) electrons. The number of nitro groups is 1. The molecule has 1 aromatic rings. The van der Waals surface area contributed by atoms with Crippen LogP contribution >= 0.6 is 0 Å². The number of hydrogen-bond donors (Lipinski definition) is 2. The molecule has 0 aliphatic carbocycles. The van der Waals surface area contributed by atoms with Gasteiger partial charge in [-0.15, -0.1) is 0 Å². The first-order chi connectivity index (χ1) is 7.73. The van der Waals surface area contributed by atoms with Crippen molar-refractivity contribution in [1.29, 1.82) is 0 Å². The highest BCUT2D eigenvalue weighted by Crippen LogP contribution is 2.20. The fraction of sp³-hybridized carbons (Fsp3) is 0.333. The van der Waals surface area contributed by atoms with E-state index >= 15 is 0 Å². The quantitative estimate of drug-likeness (QED) is 0.467. The van der Waals surface area contributed by atoms with Gasteiger partial charge in [-0.2, -0.15) is 8.42 Å². The number of nitrogens with one attached hydrogen (secondary N) is 1. The third-order valence-corrected chi connectivity index (χ3v) is 2.66. The summed E-state index contributed by atoms with van der Waals surface area (Å²) in [4.78, 5) is 9.15. The molecule has 0 amide bonds. The standard InChI is InChI=1S/C7H7NO5S.C2H7N/c1-5-2-3-6(8(9)10)4-7(5)14(11,12)13;1-3-2/h2-4H,1H3,(H,11,12,13);3H,1-2H3. The molecule has 0 heterocycles. The monoisotopic (exact) mass is 262 g/mol. The first kappa shape index (κ1) is 15.5. The largest absolute Gasteiger partial charge is 0.323 e. The summed E-state index contributed by atoms with van der Waals surface area (Å²) < 4.78 is 30.2. The summed E-state index contributed by atoms with van der Waals surface area (Å²) in [6.07, 6.45) is 0. The molecule has 0 aromatic heterocycles. The zero-order valence-corrected chi connectivity index (χ0v) is 10.5. The van der Waals surface area contributed by atoms with Crippen LogP contribution in [-0.4, -0.2) is 32.0 Å². The second kappa shape index (κ2) is 6.28. The number of nitro benzene ring substituents is 1. The highest BCUT2D eigenvalue weighted by atomic mass is 32.2. The first-order valence-electron chi connectivity index (χ1n) is 4.55. The van der Waals surface area contributed by atoms with Gasteiger partial charge in [0.05, 0.1) is 4.92 Å². The summed E-state index contributed by atoms with van der Waals surface area (Å²) in [6.45, 7) is 1.44. The Labute approximate surface area is 99.4 Å². The van der Waals surface area contributed by atoms with E-state index in [0.29, 0.717) is 0 Å². The molecule has 7 nitrogen and oxygen atoms in total. The SMILES string of the molecule is CNC.Cc1ccc([N+](=O)[O-])cc1S(=O)(=O)O. The van der Waals surface area contributed by atoms with Crippen LogP contribution in [0.2, 0.25) is 0 Å². The van der Waals surface area contributed by atoms with Crippen molar-refractivity contribution in [3.05, 3.63) is 33.9 Å². The number of aryl methyl sites for hydroxylation is 1. The summed E-state index contributed by atoms with van der Waals surface area (Å²) >= 11 is 0. The summed E-state index contributed by atoms with van der Waals surface area (Å²) in [7, 11) is -0.644. The van der Waals surface area contributed by atoms with Crippen molar-refractivity contribution in [3.63, 3.8) is 0 Å². The Bertz CT molecular complexity index is 498. The van der Waals surface area contributed by atoms with Crippen LogP contribution in [-0.2, 0) is 10.1 Å². The van der Waals surface area contributed by atoms with E-state index in [1.54, 1.807) is 0 Å². The van der Waals surface area contributed by atoms with Gasteiger partial charge in [0, 0.05) is 12.1 Å². The zero-order valence-electron chi connectivity index (χ0n) is 9.67. The molecule has 0 unspecified atom stereocenters. The van der Waals surface area contributed by atoms with Crippen molar-refractivity contribution in [2.45, 2.75) is 11.8 Å². The molecular formula is C9H14N2O5S. The molecule has 17 heavy (non-hydrogen) atoms. The molecule has 0 atom stereocenters. The van der Waals surface area contributed by atoms with Gasteiger partial charge >= 0.3 is 0 Å². The van der Waals surface area contributed by atoms with Gasteiger partial charge in [-0.1, -0.05) is 6.07 Å². The molecule has 1 rings (SSSR count). The maximum atomic E-state index is 10.8. The summed E-state index contributed by atoms with van der Waals surface area (Å²) in [5, 5.41) is 13.1. The van der Waals surface area contributed by atoms with Crippen LogP contribution in [0.3, 0.4) is 0 Å². The lowest BCUT2D eigenvalue weighted by atomic mass is 10.2. The van der Waals surface area contributed by atoms with E-state index in [-0.39, 0.29) is 11.3 Å². The van der Waals surface area contributed by atoms with Gasteiger partial charge in [0.2, 0.25) is 0 Å². The van der Waals surface area contributed by atoms with Crippen molar-refractivity contribution < 1.29 is 17.9 Å². The smallest absolute Gasteiger partial charge is 0.295 e. The molecule has 0 saturated heterocycles. The lowest BCUT2D eigenvalue weighted by Crippen LogP contribution is -2.01. The van der Waals surface area contributed by atoms with Gasteiger partial charge in [-0.3, -0.25) is 14.7 Å². The van der Waals surface area contributed by atoms with E-state index in [9.17, 15) is 18.5 Å². The summed E-state index contributed by atoms with van der Waals surface area (Å²) in [5.74, 6) is 0. The van der Waals surface area contributed by atoms with Gasteiger partial charge < -0.3 is 5.32 Å². The minimum absolute atomic E-state index is 0.262. The minimum atomic E-state index is -4.39. The highest BCUT2D eigenvalue weighted by Gasteiger charge is 2.17. The molecule has 0 aliphatic heterocycles. The Balaban J connectivity index is 0.000000770. The van der Waals surface area contributed by atoms with Crippen molar-refractivity contribution in [1.82, 2.24) is 5.32 Å². The van der Waals surface area contributed by atoms with Crippen LogP contribution in [0.15, 0.2) is 23.1 Å². The molecule has 1 aromatic carbocycles. The minimum Gasteiger partial charge on any atom is -0.323 e. The lowest BCUT2D eigenvalue weighted by molar-refractivity contribution is -0.385. The molecule has 0 fully saturated rings. The predicted molar refractivity (Wildman–Crippen MR) is 62.6 cm³/mol. The number of non-ortho nitro benzene ring substituents is 1. The molecule has 8 heteroatoms. The van der Waals surface area contributed by atoms with Crippen LogP contribution in [0.1, 0.15) is 5.56 Å². The van der Waals surface area contributed by atoms with Crippen LogP contribution in [0.4, 0.5) is 5.69 Å². The maximum Gasteiger partial charge on any atom is 0.295 e. The maximum absolute atomic E-state index is 10.8. The van der Waals surface area contributed by atoms with E-state index in [0.717, 1.165) is 6.07 Å². The van der Waals surface area contributed by atoms with E-state index in [1.165, 1.54) is 19.1 Å². The zero-order chi connectivity index (χ0) is 13.6. The molecule has 0 bridgehead atoms. The Morgan fingerprint density at radius 2 is 1.82 bits per heavy atom. The van der Waals surface area contributed by atoms with Gasteiger partial charge in [0.1, 0.15) is 4.90 Å². The second-order valence-electron chi connectivity index (χ2n) is 3.18. The molecular weight excluding hydrogens is 248 g/mol. The third-order valence-electron chi connectivity index (χ3n) is 1.66. The van der Waals surface area contributed by atoms with E-state index < -0.39 is 19.9 Å².